The van der Waals surface area contributed by atoms with Crippen molar-refractivity contribution >= 4 is 0 Å². The van der Waals surface area contributed by atoms with Gasteiger partial charge in [-0.2, -0.15) is 5.10 Å². The largest absolute Gasteiger partial charge is 0.317 e. The number of rotatable bonds is 7. The van der Waals surface area contributed by atoms with E-state index in [-0.39, 0.29) is 0 Å². The molecule has 0 amide bonds. The van der Waals surface area contributed by atoms with Gasteiger partial charge in [0, 0.05) is 13.2 Å². The zero-order valence-corrected chi connectivity index (χ0v) is 12.8. The highest BCUT2D eigenvalue weighted by Crippen LogP contribution is 2.17. The third-order valence-electron chi connectivity index (χ3n) is 3.74. The highest BCUT2D eigenvalue weighted by atomic mass is 15.2. The first-order valence-corrected chi connectivity index (χ1v) is 7.41. The van der Waals surface area contributed by atoms with Gasteiger partial charge in [-0.25, -0.2) is 0 Å². The number of nitrogens with one attached hydrogen (secondary N) is 1. The third-order valence-corrected chi connectivity index (χ3v) is 3.74. The molecule has 0 fully saturated rings. The molecule has 0 radical (unpaired) electrons. The fraction of sp³-hybridized carbons (Fsp3) is 0.471. The molecule has 1 heterocycles. The van der Waals surface area contributed by atoms with E-state index in [1.807, 2.05) is 17.9 Å². The number of hydrogen-bond acceptors (Lipinski definition) is 2. The summed E-state index contributed by atoms with van der Waals surface area (Å²) in [5.74, 6) is 0.611. The van der Waals surface area contributed by atoms with Gasteiger partial charge in [-0.05, 0) is 55.5 Å². The number of aryl methyl sites for hydroxylation is 2. The Kier molecular flexibility index (Phi) is 5.36. The summed E-state index contributed by atoms with van der Waals surface area (Å²) >= 11 is 0. The van der Waals surface area contributed by atoms with Gasteiger partial charge in [0.2, 0.25) is 0 Å². The summed E-state index contributed by atoms with van der Waals surface area (Å²) in [6.45, 7) is 6.44. The molecule has 0 saturated carbocycles. The zero-order valence-electron chi connectivity index (χ0n) is 12.8. The van der Waals surface area contributed by atoms with E-state index in [1.165, 1.54) is 16.7 Å². The molecular formula is C17H25N3. The van der Waals surface area contributed by atoms with E-state index in [4.69, 9.17) is 0 Å². The van der Waals surface area contributed by atoms with E-state index in [0.717, 1.165) is 25.9 Å². The maximum atomic E-state index is 4.27. The molecule has 0 spiro atoms. The third kappa shape index (κ3) is 4.20. The van der Waals surface area contributed by atoms with Gasteiger partial charge in [0.1, 0.15) is 0 Å². The van der Waals surface area contributed by atoms with Crippen LogP contribution in [0, 0.1) is 12.8 Å². The lowest BCUT2D eigenvalue weighted by molar-refractivity contribution is 0.477. The summed E-state index contributed by atoms with van der Waals surface area (Å²) in [7, 11) is 1.98. The lowest BCUT2D eigenvalue weighted by atomic mass is 9.91. The Labute approximate surface area is 122 Å². The lowest BCUT2D eigenvalue weighted by Crippen LogP contribution is -2.25. The zero-order chi connectivity index (χ0) is 14.4. The van der Waals surface area contributed by atoms with Crippen molar-refractivity contribution in [2.24, 2.45) is 13.0 Å². The average Bonchev–Trinajstić information content (AvgIpc) is 2.84. The van der Waals surface area contributed by atoms with Crippen molar-refractivity contribution in [3.63, 3.8) is 0 Å². The van der Waals surface area contributed by atoms with Gasteiger partial charge in [0.05, 0.1) is 6.20 Å². The maximum Gasteiger partial charge on any atom is 0.0521 e. The van der Waals surface area contributed by atoms with Gasteiger partial charge in [-0.15, -0.1) is 0 Å². The molecule has 20 heavy (non-hydrogen) atoms. The Hall–Kier alpha value is -1.61. The minimum absolute atomic E-state index is 0.611. The van der Waals surface area contributed by atoms with Crippen molar-refractivity contribution in [2.75, 3.05) is 13.1 Å². The number of benzene rings is 1. The van der Waals surface area contributed by atoms with E-state index in [9.17, 15) is 0 Å². The van der Waals surface area contributed by atoms with Crippen LogP contribution in [0.2, 0.25) is 0 Å². The van der Waals surface area contributed by atoms with E-state index in [2.05, 4.69) is 54.7 Å². The molecule has 2 aromatic rings. The van der Waals surface area contributed by atoms with Crippen LogP contribution in [0.5, 0.6) is 0 Å². The number of nitrogens with zero attached hydrogens (tertiary/aromatic N) is 2. The first-order valence-electron chi connectivity index (χ1n) is 7.41. The van der Waals surface area contributed by atoms with Gasteiger partial charge in [-0.1, -0.05) is 31.2 Å². The van der Waals surface area contributed by atoms with Crippen LogP contribution in [0.3, 0.4) is 0 Å². The second-order valence-electron chi connectivity index (χ2n) is 5.53. The smallest absolute Gasteiger partial charge is 0.0521 e. The Morgan fingerprint density at radius 2 is 2.05 bits per heavy atom. The van der Waals surface area contributed by atoms with Crippen LogP contribution in [0.25, 0.3) is 0 Å². The maximum absolute atomic E-state index is 4.27. The molecule has 0 aliphatic heterocycles. The average molecular weight is 271 g/mol. The van der Waals surface area contributed by atoms with E-state index < -0.39 is 0 Å². The first kappa shape index (κ1) is 14.8. The highest BCUT2D eigenvalue weighted by Gasteiger charge is 2.12. The summed E-state index contributed by atoms with van der Waals surface area (Å²) in [4.78, 5) is 0. The molecule has 0 aliphatic carbocycles. The lowest BCUT2D eigenvalue weighted by Gasteiger charge is -2.18. The Balaban J connectivity index is 2.05. The monoisotopic (exact) mass is 271 g/mol. The molecule has 108 valence electrons. The van der Waals surface area contributed by atoms with Crippen LogP contribution >= 0.6 is 0 Å². The Morgan fingerprint density at radius 1 is 1.25 bits per heavy atom. The fourth-order valence-corrected chi connectivity index (χ4v) is 2.63. The second kappa shape index (κ2) is 7.25. The van der Waals surface area contributed by atoms with Gasteiger partial charge >= 0.3 is 0 Å². The molecule has 1 unspecified atom stereocenters. The molecule has 1 aromatic carbocycles. The van der Waals surface area contributed by atoms with Gasteiger partial charge in [0.25, 0.3) is 0 Å². The molecule has 1 N–H and O–H groups in total. The van der Waals surface area contributed by atoms with Crippen molar-refractivity contribution in [3.8, 4) is 0 Å². The van der Waals surface area contributed by atoms with Gasteiger partial charge in [-0.3, -0.25) is 4.68 Å². The van der Waals surface area contributed by atoms with Crippen LogP contribution in [0.15, 0.2) is 36.7 Å². The summed E-state index contributed by atoms with van der Waals surface area (Å²) in [5, 5.41) is 7.76. The van der Waals surface area contributed by atoms with Crippen LogP contribution in [0.1, 0.15) is 23.6 Å². The number of hydrogen-bond donors (Lipinski definition) is 1. The predicted octanol–water partition coefficient (Wildman–Crippen LogP) is 2.74. The first-order chi connectivity index (χ1) is 9.69. The molecule has 3 nitrogen and oxygen atoms in total. The molecule has 1 aromatic heterocycles. The van der Waals surface area contributed by atoms with Crippen molar-refractivity contribution in [1.29, 1.82) is 0 Å². The van der Waals surface area contributed by atoms with Crippen molar-refractivity contribution in [3.05, 3.63) is 53.3 Å². The quantitative estimate of drug-likeness (QED) is 0.839. The normalized spacial score (nSPS) is 12.6. The van der Waals surface area contributed by atoms with E-state index in [0.29, 0.717) is 5.92 Å². The van der Waals surface area contributed by atoms with Crippen molar-refractivity contribution < 1.29 is 0 Å². The Bertz CT molecular complexity index is 531. The summed E-state index contributed by atoms with van der Waals surface area (Å²) in [6.07, 6.45) is 6.30. The van der Waals surface area contributed by atoms with Crippen LogP contribution < -0.4 is 5.32 Å². The molecule has 3 heteroatoms. The molecule has 0 saturated heterocycles. The fourth-order valence-electron chi connectivity index (χ4n) is 2.63. The van der Waals surface area contributed by atoms with Crippen molar-refractivity contribution in [2.45, 2.75) is 26.7 Å². The SMILES string of the molecule is CCNCC(Cc1cnn(C)c1)Cc1ccccc1C. The van der Waals surface area contributed by atoms with Crippen LogP contribution in [-0.2, 0) is 19.9 Å². The molecule has 1 atom stereocenters. The van der Waals surface area contributed by atoms with Crippen LogP contribution in [0.4, 0.5) is 0 Å². The number of aromatic nitrogens is 2. The van der Waals surface area contributed by atoms with Crippen LogP contribution in [-0.4, -0.2) is 22.9 Å². The van der Waals surface area contributed by atoms with Gasteiger partial charge < -0.3 is 5.32 Å². The standard InChI is InChI=1S/C17H25N3/c1-4-18-11-15(9-16-12-19-20(3)13-16)10-17-8-6-5-7-14(17)2/h5-8,12-13,15,18H,4,9-11H2,1-3H3. The van der Waals surface area contributed by atoms with Crippen molar-refractivity contribution in [1.82, 2.24) is 15.1 Å². The molecule has 0 aliphatic rings. The van der Waals surface area contributed by atoms with Gasteiger partial charge in [0.15, 0.2) is 0 Å². The minimum Gasteiger partial charge on any atom is -0.317 e. The molecule has 0 bridgehead atoms. The summed E-state index contributed by atoms with van der Waals surface area (Å²) in [6, 6.07) is 8.69. The molecular weight excluding hydrogens is 246 g/mol. The predicted molar refractivity (Wildman–Crippen MR) is 83.8 cm³/mol. The highest BCUT2D eigenvalue weighted by molar-refractivity contribution is 5.26. The molecule has 2 rings (SSSR count). The van der Waals surface area contributed by atoms with E-state index >= 15 is 0 Å². The second-order valence-corrected chi connectivity index (χ2v) is 5.53. The van der Waals surface area contributed by atoms with E-state index in [1.54, 1.807) is 0 Å². The topological polar surface area (TPSA) is 29.9 Å². The minimum atomic E-state index is 0.611. The Morgan fingerprint density at radius 3 is 2.70 bits per heavy atom. The summed E-state index contributed by atoms with van der Waals surface area (Å²) < 4.78 is 1.88. The summed E-state index contributed by atoms with van der Waals surface area (Å²) in [5.41, 5.74) is 4.17.